The van der Waals surface area contributed by atoms with E-state index in [4.69, 9.17) is 0 Å². The fourth-order valence-electron chi connectivity index (χ4n) is 3.01. The van der Waals surface area contributed by atoms with Crippen molar-refractivity contribution in [2.45, 2.75) is 12.4 Å². The highest BCUT2D eigenvalue weighted by molar-refractivity contribution is 6.11. The summed E-state index contributed by atoms with van der Waals surface area (Å²) in [6.45, 7) is 0. The maximum atomic E-state index is 12.8. The monoisotopic (exact) mass is 396 g/mol. The van der Waals surface area contributed by atoms with Gasteiger partial charge in [0.2, 0.25) is 5.78 Å². The van der Waals surface area contributed by atoms with Crippen LogP contribution in [0.15, 0.2) is 48.5 Å². The van der Waals surface area contributed by atoms with E-state index < -0.39 is 29.3 Å². The standard InChI is InChI=1S/C19H10F6N2O/c20-18(21,22)11-1-3-13-9(5-11)7-15(26-13)17(28)16-8-10-6-12(19(23,24)25)2-4-14(10)27-16/h1-8,26-27H. The van der Waals surface area contributed by atoms with Gasteiger partial charge in [0.15, 0.2) is 0 Å². The summed E-state index contributed by atoms with van der Waals surface area (Å²) in [5, 5.41) is 0.405. The maximum absolute atomic E-state index is 12.8. The van der Waals surface area contributed by atoms with Crippen molar-refractivity contribution < 1.29 is 31.1 Å². The number of nitrogens with one attached hydrogen (secondary N) is 2. The number of aromatic amines is 2. The van der Waals surface area contributed by atoms with Gasteiger partial charge in [0, 0.05) is 21.8 Å². The number of hydrogen-bond acceptors (Lipinski definition) is 1. The molecule has 0 atom stereocenters. The molecule has 0 saturated heterocycles. The van der Waals surface area contributed by atoms with E-state index in [2.05, 4.69) is 9.97 Å². The van der Waals surface area contributed by atoms with Crippen LogP contribution in [0.1, 0.15) is 27.3 Å². The summed E-state index contributed by atoms with van der Waals surface area (Å²) in [4.78, 5) is 18.1. The van der Waals surface area contributed by atoms with E-state index >= 15 is 0 Å². The van der Waals surface area contributed by atoms with Gasteiger partial charge >= 0.3 is 12.4 Å². The lowest BCUT2D eigenvalue weighted by molar-refractivity contribution is -0.138. The molecule has 2 N–H and O–H groups in total. The fourth-order valence-corrected chi connectivity index (χ4v) is 3.01. The molecule has 0 aliphatic heterocycles. The number of hydrogen-bond donors (Lipinski definition) is 2. The molecule has 28 heavy (non-hydrogen) atoms. The Hall–Kier alpha value is -3.23. The van der Waals surface area contributed by atoms with E-state index in [1.54, 1.807) is 0 Å². The molecule has 0 unspecified atom stereocenters. The third-order valence-electron chi connectivity index (χ3n) is 4.39. The average molecular weight is 396 g/mol. The van der Waals surface area contributed by atoms with Gasteiger partial charge in [0.1, 0.15) is 0 Å². The van der Waals surface area contributed by atoms with Gasteiger partial charge in [-0.25, -0.2) is 0 Å². The number of H-pyrrole nitrogens is 2. The Morgan fingerprint density at radius 1 is 0.643 bits per heavy atom. The minimum absolute atomic E-state index is 0.0249. The summed E-state index contributed by atoms with van der Waals surface area (Å²) in [5.41, 5.74) is -0.959. The van der Waals surface area contributed by atoms with Gasteiger partial charge in [-0.2, -0.15) is 26.3 Å². The number of benzene rings is 2. The van der Waals surface area contributed by atoms with Crippen LogP contribution in [0.2, 0.25) is 0 Å². The van der Waals surface area contributed by atoms with E-state index in [0.717, 1.165) is 24.3 Å². The molecule has 2 aromatic heterocycles. The number of ketones is 1. The van der Waals surface area contributed by atoms with Crippen LogP contribution in [0.3, 0.4) is 0 Å². The molecule has 0 fully saturated rings. The first-order valence-electron chi connectivity index (χ1n) is 7.97. The number of rotatable bonds is 2. The molecule has 0 aliphatic rings. The molecule has 0 saturated carbocycles. The van der Waals surface area contributed by atoms with Gasteiger partial charge in [-0.15, -0.1) is 0 Å². The minimum atomic E-state index is -4.51. The normalized spacial score (nSPS) is 12.8. The molecule has 0 aliphatic carbocycles. The number of carbonyl (C=O) groups excluding carboxylic acids is 1. The van der Waals surface area contributed by atoms with Crippen molar-refractivity contribution in [3.8, 4) is 0 Å². The molecular weight excluding hydrogens is 386 g/mol. The van der Waals surface area contributed by atoms with Crippen LogP contribution in [0, 0.1) is 0 Å². The molecule has 144 valence electrons. The van der Waals surface area contributed by atoms with Crippen molar-refractivity contribution in [1.29, 1.82) is 0 Å². The predicted molar refractivity (Wildman–Crippen MR) is 90.0 cm³/mol. The van der Waals surface area contributed by atoms with E-state index in [-0.39, 0.29) is 22.2 Å². The van der Waals surface area contributed by atoms with Gasteiger partial charge in [0.05, 0.1) is 22.5 Å². The van der Waals surface area contributed by atoms with Crippen molar-refractivity contribution >= 4 is 27.6 Å². The van der Waals surface area contributed by atoms with Crippen LogP contribution in [-0.4, -0.2) is 15.8 Å². The molecule has 0 spiro atoms. The van der Waals surface area contributed by atoms with Gasteiger partial charge < -0.3 is 9.97 Å². The summed E-state index contributed by atoms with van der Waals surface area (Å²) in [6, 6.07) is 8.63. The van der Waals surface area contributed by atoms with E-state index in [1.807, 2.05) is 0 Å². The summed E-state index contributed by atoms with van der Waals surface area (Å²) in [5.74, 6) is -0.575. The Kier molecular flexibility index (Phi) is 3.81. The summed E-state index contributed by atoms with van der Waals surface area (Å²) in [7, 11) is 0. The first-order valence-corrected chi connectivity index (χ1v) is 7.97. The maximum Gasteiger partial charge on any atom is 0.416 e. The SMILES string of the molecule is O=C(c1cc2cc(C(F)(F)F)ccc2[nH]1)c1cc2cc(C(F)(F)F)ccc2[nH]1. The van der Waals surface area contributed by atoms with Crippen LogP contribution in [0.4, 0.5) is 26.3 Å². The molecular formula is C19H10F6N2O. The highest BCUT2D eigenvalue weighted by Gasteiger charge is 2.31. The van der Waals surface area contributed by atoms with E-state index in [1.165, 1.54) is 24.3 Å². The predicted octanol–water partition coefficient (Wildman–Crippen LogP) is 5.92. The summed E-state index contributed by atoms with van der Waals surface area (Å²) < 4.78 is 76.9. The number of carbonyl (C=O) groups is 1. The Bertz CT molecular complexity index is 1120. The smallest absolute Gasteiger partial charge is 0.352 e. The van der Waals surface area contributed by atoms with Gasteiger partial charge in [-0.1, -0.05) is 0 Å². The van der Waals surface area contributed by atoms with Crippen molar-refractivity contribution in [3.63, 3.8) is 0 Å². The Labute approximate surface area is 153 Å². The van der Waals surface area contributed by atoms with Gasteiger partial charge in [-0.05, 0) is 48.5 Å². The topological polar surface area (TPSA) is 48.6 Å². The number of halogens is 6. The van der Waals surface area contributed by atoms with Crippen LogP contribution in [0.25, 0.3) is 21.8 Å². The summed E-state index contributed by atoms with van der Waals surface area (Å²) >= 11 is 0. The molecule has 0 amide bonds. The van der Waals surface area contributed by atoms with Gasteiger partial charge in [0.25, 0.3) is 0 Å². The second-order valence-corrected chi connectivity index (χ2v) is 6.29. The Morgan fingerprint density at radius 3 is 1.39 bits per heavy atom. The highest BCUT2D eigenvalue weighted by atomic mass is 19.4. The zero-order valence-corrected chi connectivity index (χ0v) is 13.8. The average Bonchev–Trinajstić information content (AvgIpc) is 3.22. The Balaban J connectivity index is 1.72. The molecule has 2 aromatic carbocycles. The van der Waals surface area contributed by atoms with Crippen LogP contribution >= 0.6 is 0 Å². The molecule has 9 heteroatoms. The molecule has 4 rings (SSSR count). The third-order valence-corrected chi connectivity index (χ3v) is 4.39. The number of fused-ring (bicyclic) bond motifs is 2. The molecule has 0 radical (unpaired) electrons. The first kappa shape index (κ1) is 18.1. The lowest BCUT2D eigenvalue weighted by Crippen LogP contribution is -2.03. The zero-order chi connectivity index (χ0) is 20.3. The molecule has 3 nitrogen and oxygen atoms in total. The van der Waals surface area contributed by atoms with Crippen molar-refractivity contribution in [1.82, 2.24) is 9.97 Å². The quantitative estimate of drug-likeness (QED) is 0.321. The highest BCUT2D eigenvalue weighted by Crippen LogP contribution is 2.33. The van der Waals surface area contributed by atoms with Crippen LogP contribution < -0.4 is 0 Å². The molecule has 0 bridgehead atoms. The second kappa shape index (κ2) is 5.88. The van der Waals surface area contributed by atoms with Crippen molar-refractivity contribution in [2.75, 3.05) is 0 Å². The Morgan fingerprint density at radius 2 is 1.04 bits per heavy atom. The zero-order valence-electron chi connectivity index (χ0n) is 13.8. The van der Waals surface area contributed by atoms with Crippen LogP contribution in [0.5, 0.6) is 0 Å². The van der Waals surface area contributed by atoms with E-state index in [9.17, 15) is 31.1 Å². The minimum Gasteiger partial charge on any atom is -0.352 e. The van der Waals surface area contributed by atoms with Gasteiger partial charge in [-0.3, -0.25) is 4.79 Å². The third kappa shape index (κ3) is 3.12. The summed E-state index contributed by atoms with van der Waals surface area (Å²) in [6.07, 6.45) is -9.02. The molecule has 4 aromatic rings. The lowest BCUT2D eigenvalue weighted by atomic mass is 10.1. The van der Waals surface area contributed by atoms with Crippen molar-refractivity contribution in [2.24, 2.45) is 0 Å². The number of alkyl halides is 6. The lowest BCUT2D eigenvalue weighted by Gasteiger charge is -2.05. The second-order valence-electron chi connectivity index (χ2n) is 6.29. The molecule has 2 heterocycles. The number of aromatic nitrogens is 2. The largest absolute Gasteiger partial charge is 0.416 e. The van der Waals surface area contributed by atoms with Crippen molar-refractivity contribution in [3.05, 3.63) is 71.0 Å². The van der Waals surface area contributed by atoms with E-state index in [0.29, 0.717) is 11.0 Å². The fraction of sp³-hybridized carbons (Fsp3) is 0.105. The van der Waals surface area contributed by atoms with Crippen LogP contribution in [-0.2, 0) is 12.4 Å². The first-order chi connectivity index (χ1) is 13.0.